The second-order valence-electron chi connectivity index (χ2n) is 5.30. The lowest BCUT2D eigenvalue weighted by Gasteiger charge is -2.28. The van der Waals surface area contributed by atoms with Crippen molar-refractivity contribution >= 4 is 27.8 Å². The van der Waals surface area contributed by atoms with Crippen LogP contribution in [0.4, 0.5) is 5.69 Å². The number of rotatable bonds is 0. The smallest absolute Gasteiger partial charge is 0.160 e. The van der Waals surface area contributed by atoms with Gasteiger partial charge in [-0.3, -0.25) is 4.79 Å². The Bertz CT molecular complexity index is 727. The Morgan fingerprint density at radius 1 is 0.947 bits per heavy atom. The molecule has 0 saturated heterocycles. The van der Waals surface area contributed by atoms with E-state index >= 15 is 0 Å². The summed E-state index contributed by atoms with van der Waals surface area (Å²) in [6.07, 6.45) is 2.73. The Hall–Kier alpha value is -2.09. The Morgan fingerprint density at radius 2 is 1.84 bits per heavy atom. The van der Waals surface area contributed by atoms with Crippen LogP contribution in [0.15, 0.2) is 42.0 Å². The predicted octanol–water partition coefficient (Wildman–Crippen LogP) is 3.77. The molecule has 1 aliphatic heterocycles. The number of carbonyl (C=O) groups excluding carboxylic acids is 1. The van der Waals surface area contributed by atoms with Gasteiger partial charge < -0.3 is 5.32 Å². The first-order valence-corrected chi connectivity index (χ1v) is 6.86. The van der Waals surface area contributed by atoms with Crippen molar-refractivity contribution in [1.82, 2.24) is 0 Å². The van der Waals surface area contributed by atoms with E-state index in [1.54, 1.807) is 0 Å². The van der Waals surface area contributed by atoms with Crippen molar-refractivity contribution in [2.24, 2.45) is 0 Å². The second-order valence-corrected chi connectivity index (χ2v) is 5.30. The number of allylic oxidation sites excluding steroid dienone is 1. The Labute approximate surface area is 112 Å². The molecule has 19 heavy (non-hydrogen) atoms. The lowest BCUT2D eigenvalue weighted by molar-refractivity contribution is -0.115. The van der Waals surface area contributed by atoms with Crippen molar-refractivity contribution in [1.29, 1.82) is 0 Å². The molecule has 1 aliphatic carbocycles. The minimum absolute atomic E-state index is 0.326. The van der Waals surface area contributed by atoms with Crippen molar-refractivity contribution in [2.45, 2.75) is 19.3 Å². The van der Waals surface area contributed by atoms with Crippen LogP contribution >= 0.6 is 0 Å². The van der Waals surface area contributed by atoms with E-state index < -0.39 is 0 Å². The largest absolute Gasteiger partial charge is 0.380 e. The molecule has 1 heterocycles. The van der Waals surface area contributed by atoms with E-state index in [2.05, 4.69) is 41.7 Å². The van der Waals surface area contributed by atoms with Gasteiger partial charge in [0.05, 0.1) is 0 Å². The lowest BCUT2D eigenvalue weighted by Crippen LogP contribution is -2.23. The molecule has 4 rings (SSSR count). The van der Waals surface area contributed by atoms with Crippen LogP contribution in [0.25, 0.3) is 16.3 Å². The molecule has 2 aliphatic rings. The van der Waals surface area contributed by atoms with Gasteiger partial charge in [0.25, 0.3) is 0 Å². The van der Waals surface area contributed by atoms with Crippen LogP contribution in [0, 0.1) is 0 Å². The lowest BCUT2D eigenvalue weighted by atomic mass is 9.82. The molecular weight excluding hydrogens is 234 g/mol. The maximum Gasteiger partial charge on any atom is 0.160 e. The molecule has 0 spiro atoms. The molecule has 2 aromatic carbocycles. The molecule has 2 nitrogen and oxygen atoms in total. The Balaban J connectivity index is 2.07. The first-order chi connectivity index (χ1) is 9.34. The monoisotopic (exact) mass is 249 g/mol. The zero-order valence-electron chi connectivity index (χ0n) is 10.7. The quantitative estimate of drug-likeness (QED) is 0.770. The average Bonchev–Trinajstić information content (AvgIpc) is 2.47. The number of hydrogen-bond donors (Lipinski definition) is 1. The first-order valence-electron chi connectivity index (χ1n) is 6.86. The second kappa shape index (κ2) is 3.95. The van der Waals surface area contributed by atoms with Crippen molar-refractivity contribution in [3.05, 3.63) is 47.5 Å². The van der Waals surface area contributed by atoms with Crippen LogP contribution in [0.5, 0.6) is 0 Å². The number of anilines is 1. The van der Waals surface area contributed by atoms with Gasteiger partial charge in [-0.05, 0) is 35.3 Å². The van der Waals surface area contributed by atoms with Crippen LogP contribution in [-0.4, -0.2) is 12.3 Å². The van der Waals surface area contributed by atoms with Crippen molar-refractivity contribution < 1.29 is 4.79 Å². The highest BCUT2D eigenvalue weighted by Gasteiger charge is 2.27. The maximum absolute atomic E-state index is 12.1. The minimum atomic E-state index is 0.326. The van der Waals surface area contributed by atoms with Crippen molar-refractivity contribution in [2.75, 3.05) is 11.9 Å². The molecule has 0 unspecified atom stereocenters. The number of hydrogen-bond acceptors (Lipinski definition) is 2. The normalized spacial score (nSPS) is 18.0. The molecule has 0 radical (unpaired) electrons. The van der Waals surface area contributed by atoms with Gasteiger partial charge in [-0.25, -0.2) is 0 Å². The van der Waals surface area contributed by atoms with E-state index in [-0.39, 0.29) is 0 Å². The summed E-state index contributed by atoms with van der Waals surface area (Å²) in [5.41, 5.74) is 4.72. The summed E-state index contributed by atoms with van der Waals surface area (Å²) in [5.74, 6) is 0.326. The maximum atomic E-state index is 12.1. The third-order valence-electron chi connectivity index (χ3n) is 4.22. The van der Waals surface area contributed by atoms with Gasteiger partial charge in [0.2, 0.25) is 0 Å². The van der Waals surface area contributed by atoms with Crippen LogP contribution in [0.1, 0.15) is 24.8 Å². The number of carbonyl (C=O) groups is 1. The van der Waals surface area contributed by atoms with Crippen LogP contribution in [0.3, 0.4) is 0 Å². The molecule has 1 N–H and O–H groups in total. The summed E-state index contributed by atoms with van der Waals surface area (Å²) in [4.78, 5) is 12.1. The van der Waals surface area contributed by atoms with E-state index in [4.69, 9.17) is 0 Å². The topological polar surface area (TPSA) is 29.1 Å². The zero-order chi connectivity index (χ0) is 12.8. The van der Waals surface area contributed by atoms with Gasteiger partial charge in [0.1, 0.15) is 0 Å². The van der Waals surface area contributed by atoms with E-state index in [0.29, 0.717) is 18.7 Å². The van der Waals surface area contributed by atoms with Crippen LogP contribution in [0.2, 0.25) is 0 Å². The highest BCUT2D eigenvalue weighted by atomic mass is 16.1. The van der Waals surface area contributed by atoms with Gasteiger partial charge in [-0.15, -0.1) is 0 Å². The average molecular weight is 249 g/mol. The number of fused-ring (bicyclic) bond motifs is 4. The highest BCUT2D eigenvalue weighted by molar-refractivity contribution is 6.11. The molecule has 0 fully saturated rings. The fraction of sp³-hybridized carbons (Fsp3) is 0.235. The number of ketones is 1. The van der Waals surface area contributed by atoms with Crippen molar-refractivity contribution in [3.8, 4) is 0 Å². The zero-order valence-corrected chi connectivity index (χ0v) is 10.7. The van der Waals surface area contributed by atoms with E-state index in [1.165, 1.54) is 27.6 Å². The van der Waals surface area contributed by atoms with Gasteiger partial charge >= 0.3 is 0 Å². The van der Waals surface area contributed by atoms with Gasteiger partial charge in [0.15, 0.2) is 5.78 Å². The number of Topliss-reactive ketones (excluding diaryl/α,β-unsaturated/α-hetero) is 1. The standard InChI is InChI=1S/C17H15NO/c19-16-7-3-6-13-14(16)10-18-15-9-8-11-4-1-2-5-12(11)17(13)15/h1-2,4-5,8-9,18H,3,6-7,10H2. The molecule has 0 atom stereocenters. The molecule has 0 saturated carbocycles. The fourth-order valence-corrected chi connectivity index (χ4v) is 3.30. The molecule has 0 amide bonds. The highest BCUT2D eigenvalue weighted by Crippen LogP contribution is 2.41. The van der Waals surface area contributed by atoms with E-state index in [9.17, 15) is 4.79 Å². The summed E-state index contributed by atoms with van der Waals surface area (Å²) in [6, 6.07) is 12.7. The molecule has 2 heteroatoms. The van der Waals surface area contributed by atoms with Crippen LogP contribution < -0.4 is 5.32 Å². The summed E-state index contributed by atoms with van der Waals surface area (Å²) in [5, 5.41) is 5.91. The first kappa shape index (κ1) is 10.8. The summed E-state index contributed by atoms with van der Waals surface area (Å²) in [6.45, 7) is 0.694. The van der Waals surface area contributed by atoms with Crippen molar-refractivity contribution in [3.63, 3.8) is 0 Å². The minimum Gasteiger partial charge on any atom is -0.380 e. The van der Waals surface area contributed by atoms with E-state index in [1.807, 2.05) is 0 Å². The molecule has 0 bridgehead atoms. The summed E-state index contributed by atoms with van der Waals surface area (Å²) >= 11 is 0. The third-order valence-corrected chi connectivity index (χ3v) is 4.22. The predicted molar refractivity (Wildman–Crippen MR) is 78.2 cm³/mol. The molecule has 0 aromatic heterocycles. The summed E-state index contributed by atoms with van der Waals surface area (Å²) < 4.78 is 0. The fourth-order valence-electron chi connectivity index (χ4n) is 3.30. The number of benzene rings is 2. The SMILES string of the molecule is O=C1CCCC2=C1CNc1ccc3ccccc3c12. The molecule has 2 aromatic rings. The van der Waals surface area contributed by atoms with Gasteiger partial charge in [-0.2, -0.15) is 0 Å². The van der Waals surface area contributed by atoms with Gasteiger partial charge in [0, 0.05) is 29.8 Å². The Morgan fingerprint density at radius 3 is 2.79 bits per heavy atom. The Kier molecular flexibility index (Phi) is 2.25. The van der Waals surface area contributed by atoms with E-state index in [0.717, 1.165) is 18.4 Å². The van der Waals surface area contributed by atoms with Gasteiger partial charge in [-0.1, -0.05) is 30.3 Å². The molecule has 94 valence electrons. The number of nitrogens with one attached hydrogen (secondary N) is 1. The van der Waals surface area contributed by atoms with Crippen LogP contribution in [-0.2, 0) is 4.79 Å². The third kappa shape index (κ3) is 1.53. The summed E-state index contributed by atoms with van der Waals surface area (Å²) in [7, 11) is 0. The molecular formula is C17H15NO.